The number of carbonyl (C=O) groups is 1. The summed E-state index contributed by atoms with van der Waals surface area (Å²) in [6, 6.07) is 9.75. The van der Waals surface area contributed by atoms with Crippen LogP contribution in [0, 0.1) is 13.8 Å². The lowest BCUT2D eigenvalue weighted by Crippen LogP contribution is -2.32. The van der Waals surface area contributed by atoms with Crippen LogP contribution in [0.5, 0.6) is 11.5 Å². The van der Waals surface area contributed by atoms with Gasteiger partial charge in [-0.15, -0.1) is 0 Å². The SMILES string of the molecule is Cc1cc(C)c(-c2n[nH]c3c2[C@H](c2cccc(O)c2)N(CCO)C3=O)c(O)c1. The van der Waals surface area contributed by atoms with Crippen LogP contribution in [0.2, 0.25) is 0 Å². The molecule has 28 heavy (non-hydrogen) atoms. The summed E-state index contributed by atoms with van der Waals surface area (Å²) < 4.78 is 0. The fourth-order valence-corrected chi connectivity index (χ4v) is 4.02. The first-order valence-corrected chi connectivity index (χ1v) is 9.02. The molecule has 4 N–H and O–H groups in total. The van der Waals surface area contributed by atoms with E-state index in [9.17, 15) is 20.1 Å². The van der Waals surface area contributed by atoms with Crippen molar-refractivity contribution in [3.63, 3.8) is 0 Å². The van der Waals surface area contributed by atoms with Gasteiger partial charge in [0.1, 0.15) is 22.9 Å². The smallest absolute Gasteiger partial charge is 0.273 e. The number of aliphatic hydroxyl groups excluding tert-OH is 1. The molecule has 1 atom stereocenters. The minimum absolute atomic E-state index is 0.0850. The van der Waals surface area contributed by atoms with E-state index in [0.717, 1.165) is 11.1 Å². The molecule has 0 saturated carbocycles. The first kappa shape index (κ1) is 18.1. The number of β-amino-alcohol motifs (C(OH)–C–C–N with tert-alkyl or cyclic N) is 1. The number of aromatic amines is 1. The maximum atomic E-state index is 12.9. The molecule has 1 aromatic heterocycles. The Morgan fingerprint density at radius 2 is 1.96 bits per heavy atom. The molecule has 1 aliphatic heterocycles. The highest BCUT2D eigenvalue weighted by Crippen LogP contribution is 2.45. The Labute approximate surface area is 161 Å². The van der Waals surface area contributed by atoms with Gasteiger partial charge < -0.3 is 20.2 Å². The lowest BCUT2D eigenvalue weighted by molar-refractivity contribution is 0.0706. The van der Waals surface area contributed by atoms with Gasteiger partial charge in [0.05, 0.1) is 12.6 Å². The standard InChI is InChI=1S/C21H21N3O4/c1-11-8-12(2)16(15(27)9-11)18-17-19(23-22-18)21(28)24(6-7-25)20(17)13-4-3-5-14(26)10-13/h3-5,8-10,20,25-27H,6-7H2,1-2H3,(H,22,23)/t20-/m0/s1. The lowest BCUT2D eigenvalue weighted by Gasteiger charge is -2.26. The average Bonchev–Trinajstić information content (AvgIpc) is 3.15. The summed E-state index contributed by atoms with van der Waals surface area (Å²) in [6.07, 6.45) is 0. The number of carbonyl (C=O) groups excluding carboxylic acids is 1. The van der Waals surface area contributed by atoms with Crippen LogP contribution in [0.3, 0.4) is 0 Å². The number of phenols is 2. The molecule has 7 heteroatoms. The van der Waals surface area contributed by atoms with E-state index in [1.54, 1.807) is 29.2 Å². The van der Waals surface area contributed by atoms with Crippen molar-refractivity contribution in [3.05, 3.63) is 64.3 Å². The van der Waals surface area contributed by atoms with Crippen LogP contribution in [0.25, 0.3) is 11.3 Å². The Morgan fingerprint density at radius 3 is 2.64 bits per heavy atom. The second kappa shape index (κ2) is 6.69. The molecule has 2 aromatic carbocycles. The number of rotatable bonds is 4. The van der Waals surface area contributed by atoms with Gasteiger partial charge in [-0.1, -0.05) is 18.2 Å². The van der Waals surface area contributed by atoms with Crippen LogP contribution >= 0.6 is 0 Å². The number of hydrogen-bond acceptors (Lipinski definition) is 5. The van der Waals surface area contributed by atoms with E-state index in [1.165, 1.54) is 0 Å². The molecule has 0 radical (unpaired) electrons. The van der Waals surface area contributed by atoms with Crippen molar-refractivity contribution in [1.29, 1.82) is 0 Å². The number of aromatic hydroxyl groups is 2. The molecule has 0 saturated heterocycles. The fraction of sp³-hybridized carbons (Fsp3) is 0.238. The molecule has 2 heterocycles. The summed E-state index contributed by atoms with van der Waals surface area (Å²) in [4.78, 5) is 14.5. The van der Waals surface area contributed by atoms with Gasteiger partial charge in [-0.25, -0.2) is 0 Å². The van der Waals surface area contributed by atoms with Crippen molar-refractivity contribution >= 4 is 5.91 Å². The number of aliphatic hydroxyl groups is 1. The van der Waals surface area contributed by atoms with E-state index in [0.29, 0.717) is 28.1 Å². The molecule has 1 amide bonds. The molecule has 3 aromatic rings. The minimum atomic E-state index is -0.532. The predicted octanol–water partition coefficient (Wildman–Crippen LogP) is 2.64. The van der Waals surface area contributed by atoms with Gasteiger partial charge in [0, 0.05) is 17.7 Å². The van der Waals surface area contributed by atoms with Crippen LogP contribution in [0.15, 0.2) is 36.4 Å². The molecule has 0 aliphatic carbocycles. The molecule has 0 unspecified atom stereocenters. The van der Waals surface area contributed by atoms with Crippen molar-refractivity contribution in [2.75, 3.05) is 13.2 Å². The number of aryl methyl sites for hydroxylation is 2. The third kappa shape index (κ3) is 2.71. The molecule has 4 rings (SSSR count). The normalized spacial score (nSPS) is 15.9. The molecule has 144 valence electrons. The molecular formula is C21H21N3O4. The number of H-pyrrole nitrogens is 1. The number of nitrogens with zero attached hydrogens (tertiary/aromatic N) is 2. The van der Waals surface area contributed by atoms with Gasteiger partial charge in [0.25, 0.3) is 5.91 Å². The van der Waals surface area contributed by atoms with Gasteiger partial charge in [-0.3, -0.25) is 9.89 Å². The van der Waals surface area contributed by atoms with E-state index < -0.39 is 6.04 Å². The molecule has 1 aliphatic rings. The third-order valence-corrected chi connectivity index (χ3v) is 5.09. The van der Waals surface area contributed by atoms with Gasteiger partial charge >= 0.3 is 0 Å². The Kier molecular flexibility index (Phi) is 4.31. The van der Waals surface area contributed by atoms with E-state index in [4.69, 9.17) is 0 Å². The summed E-state index contributed by atoms with van der Waals surface area (Å²) in [5.74, 6) is -0.100. The van der Waals surface area contributed by atoms with Crippen LogP contribution in [0.1, 0.15) is 38.8 Å². The Bertz CT molecular complexity index is 1050. The topological polar surface area (TPSA) is 110 Å². The number of benzene rings is 2. The number of fused-ring (bicyclic) bond motifs is 1. The van der Waals surface area contributed by atoms with E-state index in [1.807, 2.05) is 26.0 Å². The highest BCUT2D eigenvalue weighted by atomic mass is 16.3. The monoisotopic (exact) mass is 379 g/mol. The predicted molar refractivity (Wildman–Crippen MR) is 103 cm³/mol. The molecular weight excluding hydrogens is 358 g/mol. The van der Waals surface area contributed by atoms with Crippen LogP contribution in [-0.2, 0) is 0 Å². The van der Waals surface area contributed by atoms with Crippen molar-refractivity contribution in [3.8, 4) is 22.8 Å². The Morgan fingerprint density at radius 1 is 1.18 bits per heavy atom. The summed E-state index contributed by atoms with van der Waals surface area (Å²) in [5.41, 5.74) is 4.48. The van der Waals surface area contributed by atoms with Gasteiger partial charge in [-0.2, -0.15) is 5.10 Å². The summed E-state index contributed by atoms with van der Waals surface area (Å²) >= 11 is 0. The number of aromatic nitrogens is 2. The minimum Gasteiger partial charge on any atom is -0.508 e. The maximum absolute atomic E-state index is 12.9. The molecule has 0 bridgehead atoms. The Balaban J connectivity index is 1.96. The second-order valence-electron chi connectivity index (χ2n) is 7.06. The molecule has 7 nitrogen and oxygen atoms in total. The quantitative estimate of drug-likeness (QED) is 0.557. The summed E-state index contributed by atoms with van der Waals surface area (Å²) in [5, 5.41) is 37.2. The number of nitrogens with one attached hydrogen (secondary N) is 1. The van der Waals surface area contributed by atoms with E-state index in [-0.39, 0.29) is 30.6 Å². The van der Waals surface area contributed by atoms with Crippen LogP contribution in [-0.4, -0.2) is 49.5 Å². The fourth-order valence-electron chi connectivity index (χ4n) is 4.02. The van der Waals surface area contributed by atoms with Crippen molar-refractivity contribution in [2.45, 2.75) is 19.9 Å². The van der Waals surface area contributed by atoms with Crippen molar-refractivity contribution < 1.29 is 20.1 Å². The number of amides is 1. The van der Waals surface area contributed by atoms with Crippen LogP contribution in [0.4, 0.5) is 0 Å². The average molecular weight is 379 g/mol. The molecule has 0 fully saturated rings. The highest BCUT2D eigenvalue weighted by molar-refractivity contribution is 6.00. The van der Waals surface area contributed by atoms with Crippen molar-refractivity contribution in [2.24, 2.45) is 0 Å². The first-order chi connectivity index (χ1) is 13.4. The molecule has 0 spiro atoms. The third-order valence-electron chi connectivity index (χ3n) is 5.09. The second-order valence-corrected chi connectivity index (χ2v) is 7.06. The van der Waals surface area contributed by atoms with Gasteiger partial charge in [-0.05, 0) is 48.7 Å². The number of phenolic OH excluding ortho intramolecular Hbond substituents is 2. The summed E-state index contributed by atoms with van der Waals surface area (Å²) in [7, 11) is 0. The van der Waals surface area contributed by atoms with Crippen LogP contribution < -0.4 is 0 Å². The van der Waals surface area contributed by atoms with Crippen molar-refractivity contribution in [1.82, 2.24) is 15.1 Å². The highest BCUT2D eigenvalue weighted by Gasteiger charge is 2.42. The number of hydrogen-bond donors (Lipinski definition) is 4. The zero-order valence-corrected chi connectivity index (χ0v) is 15.6. The van der Waals surface area contributed by atoms with Gasteiger partial charge in [0.2, 0.25) is 0 Å². The van der Waals surface area contributed by atoms with E-state index in [2.05, 4.69) is 10.2 Å². The van der Waals surface area contributed by atoms with E-state index >= 15 is 0 Å². The summed E-state index contributed by atoms with van der Waals surface area (Å²) in [6.45, 7) is 3.73. The first-order valence-electron chi connectivity index (χ1n) is 9.02. The zero-order valence-electron chi connectivity index (χ0n) is 15.6. The maximum Gasteiger partial charge on any atom is 0.273 e. The lowest BCUT2D eigenvalue weighted by atomic mass is 9.93. The Hall–Kier alpha value is -3.32. The zero-order chi connectivity index (χ0) is 20.0. The van der Waals surface area contributed by atoms with Gasteiger partial charge in [0.15, 0.2) is 0 Å². The largest absolute Gasteiger partial charge is 0.508 e.